The lowest BCUT2D eigenvalue weighted by molar-refractivity contribution is -0.105. The molecule has 1 unspecified atom stereocenters. The molecular weight excluding hydrogens is 216 g/mol. The Labute approximate surface area is 93.6 Å². The molecule has 1 N–H and O–H groups in total. The summed E-state index contributed by atoms with van der Waals surface area (Å²) in [7, 11) is 0. The molecule has 1 aliphatic heterocycles. The smallest absolute Gasteiger partial charge is 0.199 e. The van der Waals surface area contributed by atoms with Crippen LogP contribution in [0.25, 0.3) is 0 Å². The maximum Gasteiger partial charge on any atom is 0.199 e. The summed E-state index contributed by atoms with van der Waals surface area (Å²) < 4.78 is 11.0. The molecule has 1 aromatic carbocycles. The molecule has 2 rings (SSSR count). The Morgan fingerprint density at radius 1 is 1.40 bits per heavy atom. The number of halogens is 1. The highest BCUT2D eigenvalue weighted by Gasteiger charge is 2.15. The molecule has 15 heavy (non-hydrogen) atoms. The van der Waals surface area contributed by atoms with Crippen molar-refractivity contribution in [1.82, 2.24) is 0 Å². The van der Waals surface area contributed by atoms with Crippen molar-refractivity contribution in [2.24, 2.45) is 0 Å². The number of hydrogen-bond donors (Lipinski definition) is 1. The highest BCUT2D eigenvalue weighted by atomic mass is 35.5. The van der Waals surface area contributed by atoms with Gasteiger partial charge in [-0.1, -0.05) is 11.6 Å². The first-order valence-corrected chi connectivity index (χ1v) is 5.40. The van der Waals surface area contributed by atoms with Crippen LogP contribution in [0.15, 0.2) is 18.2 Å². The highest BCUT2D eigenvalue weighted by molar-refractivity contribution is 6.32. The fourth-order valence-corrected chi connectivity index (χ4v) is 1.69. The van der Waals surface area contributed by atoms with E-state index >= 15 is 0 Å². The average Bonchev–Trinajstić information content (AvgIpc) is 2.25. The van der Waals surface area contributed by atoms with Gasteiger partial charge in [-0.3, -0.25) is 0 Å². The minimum atomic E-state index is -0.181. The molecule has 0 spiro atoms. The second-order valence-electron chi connectivity index (χ2n) is 3.53. The molecular formula is C11H13ClO3. The number of aromatic hydroxyl groups is 1. The van der Waals surface area contributed by atoms with E-state index in [-0.39, 0.29) is 12.0 Å². The molecule has 0 saturated carbocycles. The molecule has 1 aromatic rings. The van der Waals surface area contributed by atoms with Gasteiger partial charge in [0.1, 0.15) is 11.5 Å². The lowest BCUT2D eigenvalue weighted by Crippen LogP contribution is -2.24. The molecule has 1 fully saturated rings. The molecule has 0 bridgehead atoms. The highest BCUT2D eigenvalue weighted by Crippen LogP contribution is 2.28. The van der Waals surface area contributed by atoms with Gasteiger partial charge in [-0.25, -0.2) is 0 Å². The number of ether oxygens (including phenoxy) is 2. The monoisotopic (exact) mass is 228 g/mol. The fourth-order valence-electron chi connectivity index (χ4n) is 1.52. The standard InChI is InChI=1S/C11H13ClO3/c12-9-7-8(4-5-10(9)13)15-11-3-1-2-6-14-11/h4-5,7,11,13H,1-3,6H2. The van der Waals surface area contributed by atoms with E-state index in [1.807, 2.05) is 0 Å². The molecule has 1 atom stereocenters. The third-order valence-corrected chi connectivity index (χ3v) is 2.63. The van der Waals surface area contributed by atoms with Crippen molar-refractivity contribution < 1.29 is 14.6 Å². The van der Waals surface area contributed by atoms with Crippen LogP contribution in [0.4, 0.5) is 0 Å². The van der Waals surface area contributed by atoms with Crippen LogP contribution in [-0.2, 0) is 4.74 Å². The number of phenols is 1. The Balaban J connectivity index is 2.00. The van der Waals surface area contributed by atoms with Gasteiger partial charge < -0.3 is 14.6 Å². The second-order valence-corrected chi connectivity index (χ2v) is 3.93. The third kappa shape index (κ3) is 2.76. The summed E-state index contributed by atoms with van der Waals surface area (Å²) in [5, 5.41) is 9.53. The lowest BCUT2D eigenvalue weighted by atomic mass is 10.2. The maximum atomic E-state index is 9.23. The Hall–Kier alpha value is -0.930. The first-order chi connectivity index (χ1) is 7.25. The van der Waals surface area contributed by atoms with Gasteiger partial charge in [0.25, 0.3) is 0 Å². The summed E-state index contributed by atoms with van der Waals surface area (Å²) in [5.41, 5.74) is 0. The third-order valence-electron chi connectivity index (χ3n) is 2.32. The van der Waals surface area contributed by atoms with Crippen molar-refractivity contribution >= 4 is 11.6 Å². The quantitative estimate of drug-likeness (QED) is 0.846. The normalized spacial score (nSPS) is 21.3. The lowest BCUT2D eigenvalue weighted by Gasteiger charge is -2.23. The van der Waals surface area contributed by atoms with Crippen LogP contribution in [0.2, 0.25) is 5.02 Å². The SMILES string of the molecule is Oc1ccc(OC2CCCCO2)cc1Cl. The van der Waals surface area contributed by atoms with Crippen LogP contribution in [0.1, 0.15) is 19.3 Å². The van der Waals surface area contributed by atoms with Crippen molar-refractivity contribution in [3.8, 4) is 11.5 Å². The van der Waals surface area contributed by atoms with E-state index in [9.17, 15) is 5.11 Å². The van der Waals surface area contributed by atoms with Crippen molar-refractivity contribution in [1.29, 1.82) is 0 Å². The van der Waals surface area contributed by atoms with Crippen LogP contribution in [-0.4, -0.2) is 18.0 Å². The van der Waals surface area contributed by atoms with Crippen LogP contribution in [0.3, 0.4) is 0 Å². The molecule has 0 aromatic heterocycles. The van der Waals surface area contributed by atoms with E-state index in [0.717, 1.165) is 25.9 Å². The zero-order valence-corrected chi connectivity index (χ0v) is 9.04. The van der Waals surface area contributed by atoms with E-state index in [1.165, 1.54) is 6.07 Å². The van der Waals surface area contributed by atoms with E-state index in [1.54, 1.807) is 12.1 Å². The minimum Gasteiger partial charge on any atom is -0.506 e. The van der Waals surface area contributed by atoms with Crippen molar-refractivity contribution in [3.05, 3.63) is 23.2 Å². The Kier molecular flexibility index (Phi) is 3.34. The van der Waals surface area contributed by atoms with Gasteiger partial charge in [-0.2, -0.15) is 0 Å². The number of rotatable bonds is 2. The molecule has 0 aliphatic carbocycles. The Morgan fingerprint density at radius 3 is 2.93 bits per heavy atom. The average molecular weight is 229 g/mol. The van der Waals surface area contributed by atoms with Crippen molar-refractivity contribution in [3.63, 3.8) is 0 Å². The fraction of sp³-hybridized carbons (Fsp3) is 0.455. The van der Waals surface area contributed by atoms with Gasteiger partial charge in [0.15, 0.2) is 6.29 Å². The summed E-state index contributed by atoms with van der Waals surface area (Å²) in [6.45, 7) is 0.747. The molecule has 3 nitrogen and oxygen atoms in total. The summed E-state index contributed by atoms with van der Waals surface area (Å²) in [5.74, 6) is 0.693. The summed E-state index contributed by atoms with van der Waals surface area (Å²) >= 11 is 5.76. The number of benzene rings is 1. The van der Waals surface area contributed by atoms with Crippen LogP contribution in [0, 0.1) is 0 Å². The van der Waals surface area contributed by atoms with E-state index in [0.29, 0.717) is 10.8 Å². The Bertz CT molecular complexity index is 335. The van der Waals surface area contributed by atoms with E-state index < -0.39 is 0 Å². The molecule has 1 saturated heterocycles. The second kappa shape index (κ2) is 4.73. The van der Waals surface area contributed by atoms with E-state index in [4.69, 9.17) is 21.1 Å². The predicted molar refractivity (Wildman–Crippen MR) is 57.3 cm³/mol. The largest absolute Gasteiger partial charge is 0.506 e. The van der Waals surface area contributed by atoms with Gasteiger partial charge in [0.05, 0.1) is 11.6 Å². The zero-order valence-electron chi connectivity index (χ0n) is 8.28. The molecule has 1 aliphatic rings. The van der Waals surface area contributed by atoms with Gasteiger partial charge >= 0.3 is 0 Å². The van der Waals surface area contributed by atoms with Crippen LogP contribution >= 0.6 is 11.6 Å². The Morgan fingerprint density at radius 2 is 2.27 bits per heavy atom. The first kappa shape index (κ1) is 10.6. The van der Waals surface area contributed by atoms with Gasteiger partial charge in [0, 0.05) is 12.5 Å². The molecule has 4 heteroatoms. The number of phenolic OH excluding ortho intramolecular Hbond substituents is 1. The van der Waals surface area contributed by atoms with Gasteiger partial charge in [0.2, 0.25) is 0 Å². The van der Waals surface area contributed by atoms with E-state index in [2.05, 4.69) is 0 Å². The molecule has 0 amide bonds. The van der Waals surface area contributed by atoms with Crippen LogP contribution in [0.5, 0.6) is 11.5 Å². The summed E-state index contributed by atoms with van der Waals surface area (Å²) in [4.78, 5) is 0. The summed E-state index contributed by atoms with van der Waals surface area (Å²) in [6.07, 6.45) is 2.94. The zero-order chi connectivity index (χ0) is 10.7. The number of hydrogen-bond acceptors (Lipinski definition) is 3. The van der Waals surface area contributed by atoms with Crippen molar-refractivity contribution in [2.75, 3.05) is 6.61 Å². The van der Waals surface area contributed by atoms with Gasteiger partial charge in [-0.15, -0.1) is 0 Å². The first-order valence-electron chi connectivity index (χ1n) is 5.02. The van der Waals surface area contributed by atoms with Gasteiger partial charge in [-0.05, 0) is 25.0 Å². The van der Waals surface area contributed by atoms with Crippen LogP contribution < -0.4 is 4.74 Å². The molecule has 82 valence electrons. The maximum absolute atomic E-state index is 9.23. The molecule has 1 heterocycles. The minimum absolute atomic E-state index is 0.0635. The topological polar surface area (TPSA) is 38.7 Å². The predicted octanol–water partition coefficient (Wildman–Crippen LogP) is 2.95. The molecule has 0 radical (unpaired) electrons. The van der Waals surface area contributed by atoms with Crippen molar-refractivity contribution in [2.45, 2.75) is 25.6 Å². The summed E-state index contributed by atoms with van der Waals surface area (Å²) in [6, 6.07) is 4.79.